The molecule has 0 aromatic heterocycles. The summed E-state index contributed by atoms with van der Waals surface area (Å²) in [5, 5.41) is 11.7. The molecule has 13 heavy (non-hydrogen) atoms. The minimum absolute atomic E-state index is 0.617. The zero-order valence-electron chi connectivity index (χ0n) is 6.96. The van der Waals surface area contributed by atoms with Crippen molar-refractivity contribution in [2.75, 3.05) is 10.6 Å². The summed E-state index contributed by atoms with van der Waals surface area (Å²) in [6.07, 6.45) is -0.134. The average molecular weight is 244 g/mol. The number of rotatable bonds is 3. The molecule has 0 aliphatic heterocycles. The monoisotopic (exact) mass is 243 g/mol. The van der Waals surface area contributed by atoms with Crippen molar-refractivity contribution in [3.8, 4) is 0 Å². The highest BCUT2D eigenvalue weighted by Gasteiger charge is 1.98. The molecule has 4 heteroatoms. The topological polar surface area (TPSA) is 49.3 Å². The normalized spacial score (nSPS) is 9.62. The summed E-state index contributed by atoms with van der Waals surface area (Å²) in [6, 6.07) is 7.36. The van der Waals surface area contributed by atoms with E-state index >= 15 is 0 Å². The van der Waals surface area contributed by atoms with Gasteiger partial charge in [0.05, 0.1) is 0 Å². The molecule has 0 saturated heterocycles. The SMILES string of the molecule is O=C(O)Nc1cccc(CCBr)c1. The molecular weight excluding hydrogens is 234 g/mol. The second-order valence-corrected chi connectivity index (χ2v) is 3.36. The summed E-state index contributed by atoms with van der Waals surface area (Å²) in [7, 11) is 0. The van der Waals surface area contributed by atoms with E-state index in [1.54, 1.807) is 6.07 Å². The highest BCUT2D eigenvalue weighted by atomic mass is 79.9. The zero-order valence-corrected chi connectivity index (χ0v) is 8.54. The second kappa shape index (κ2) is 4.87. The van der Waals surface area contributed by atoms with Crippen LogP contribution in [0.15, 0.2) is 24.3 Å². The molecule has 0 atom stereocenters. The lowest BCUT2D eigenvalue weighted by Gasteiger charge is -2.02. The van der Waals surface area contributed by atoms with E-state index in [9.17, 15) is 4.79 Å². The number of amides is 1. The summed E-state index contributed by atoms with van der Waals surface area (Å²) in [5.74, 6) is 0. The van der Waals surface area contributed by atoms with E-state index in [-0.39, 0.29) is 0 Å². The standard InChI is InChI=1S/C9H10BrNO2/c10-5-4-7-2-1-3-8(6-7)11-9(12)13/h1-3,6,11H,4-5H2,(H,12,13). The molecule has 0 saturated carbocycles. The molecule has 1 aromatic carbocycles. The summed E-state index contributed by atoms with van der Waals surface area (Å²) in [6.45, 7) is 0. The Balaban J connectivity index is 2.73. The van der Waals surface area contributed by atoms with Crippen molar-refractivity contribution in [3.05, 3.63) is 29.8 Å². The van der Waals surface area contributed by atoms with Crippen LogP contribution in [0.3, 0.4) is 0 Å². The van der Waals surface area contributed by atoms with E-state index in [4.69, 9.17) is 5.11 Å². The van der Waals surface area contributed by atoms with Crippen molar-refractivity contribution in [2.24, 2.45) is 0 Å². The largest absolute Gasteiger partial charge is 0.465 e. The molecule has 0 aliphatic rings. The molecule has 70 valence electrons. The first-order valence-electron chi connectivity index (χ1n) is 3.87. The van der Waals surface area contributed by atoms with Gasteiger partial charge in [-0.1, -0.05) is 28.1 Å². The molecule has 0 heterocycles. The van der Waals surface area contributed by atoms with Gasteiger partial charge in [0, 0.05) is 11.0 Å². The van der Waals surface area contributed by atoms with Crippen LogP contribution in [-0.2, 0) is 6.42 Å². The van der Waals surface area contributed by atoms with Crippen LogP contribution in [0, 0.1) is 0 Å². The summed E-state index contributed by atoms with van der Waals surface area (Å²) >= 11 is 3.32. The lowest BCUT2D eigenvalue weighted by atomic mass is 10.1. The molecule has 1 aromatic rings. The predicted octanol–water partition coefficient (Wildman–Crippen LogP) is 2.71. The van der Waals surface area contributed by atoms with Gasteiger partial charge >= 0.3 is 6.09 Å². The van der Waals surface area contributed by atoms with E-state index in [2.05, 4.69) is 21.2 Å². The van der Waals surface area contributed by atoms with Crippen LogP contribution in [0.2, 0.25) is 0 Å². The maximum atomic E-state index is 10.3. The Kier molecular flexibility index (Phi) is 3.76. The van der Waals surface area contributed by atoms with E-state index in [1.165, 1.54) is 0 Å². The Bertz CT molecular complexity index is 301. The molecule has 0 spiro atoms. The van der Waals surface area contributed by atoms with Gasteiger partial charge < -0.3 is 5.11 Å². The Morgan fingerprint density at radius 2 is 2.31 bits per heavy atom. The van der Waals surface area contributed by atoms with E-state index in [1.807, 2.05) is 18.2 Å². The highest BCUT2D eigenvalue weighted by molar-refractivity contribution is 9.09. The fourth-order valence-corrected chi connectivity index (χ4v) is 1.50. The quantitative estimate of drug-likeness (QED) is 0.803. The summed E-state index contributed by atoms with van der Waals surface area (Å²) < 4.78 is 0. The van der Waals surface area contributed by atoms with Gasteiger partial charge in [-0.05, 0) is 24.1 Å². The Morgan fingerprint density at radius 1 is 1.54 bits per heavy atom. The number of nitrogens with one attached hydrogen (secondary N) is 1. The predicted molar refractivity (Wildman–Crippen MR) is 55.6 cm³/mol. The number of carbonyl (C=O) groups is 1. The van der Waals surface area contributed by atoms with Crippen molar-refractivity contribution >= 4 is 27.7 Å². The number of benzene rings is 1. The van der Waals surface area contributed by atoms with Crippen LogP contribution in [0.4, 0.5) is 10.5 Å². The fraction of sp³-hybridized carbons (Fsp3) is 0.222. The number of hydrogen-bond donors (Lipinski definition) is 2. The number of halogens is 1. The van der Waals surface area contributed by atoms with Gasteiger partial charge in [-0.15, -0.1) is 0 Å². The Morgan fingerprint density at radius 3 is 2.92 bits per heavy atom. The van der Waals surface area contributed by atoms with Crippen LogP contribution in [0.25, 0.3) is 0 Å². The number of anilines is 1. The molecule has 0 bridgehead atoms. The molecule has 2 N–H and O–H groups in total. The minimum Gasteiger partial charge on any atom is -0.465 e. The van der Waals surface area contributed by atoms with Crippen molar-refractivity contribution in [1.29, 1.82) is 0 Å². The number of hydrogen-bond acceptors (Lipinski definition) is 1. The number of aryl methyl sites for hydroxylation is 1. The van der Waals surface area contributed by atoms with Gasteiger partial charge in [0.25, 0.3) is 0 Å². The molecule has 1 rings (SSSR count). The van der Waals surface area contributed by atoms with E-state index in [0.29, 0.717) is 5.69 Å². The minimum atomic E-state index is -1.03. The molecule has 1 amide bonds. The molecule has 3 nitrogen and oxygen atoms in total. The maximum Gasteiger partial charge on any atom is 0.409 e. The first kappa shape index (κ1) is 10.1. The van der Waals surface area contributed by atoms with Gasteiger partial charge in [0.1, 0.15) is 0 Å². The van der Waals surface area contributed by atoms with Crippen LogP contribution < -0.4 is 5.32 Å². The lowest BCUT2D eigenvalue weighted by molar-refractivity contribution is 0.210. The second-order valence-electron chi connectivity index (χ2n) is 2.57. The zero-order chi connectivity index (χ0) is 9.68. The third-order valence-electron chi connectivity index (χ3n) is 1.56. The third-order valence-corrected chi connectivity index (χ3v) is 1.96. The van der Waals surface area contributed by atoms with Gasteiger partial charge in [-0.2, -0.15) is 0 Å². The number of carboxylic acid groups (broad SMARTS) is 1. The Hall–Kier alpha value is -1.03. The third kappa shape index (κ3) is 3.46. The Labute approximate surface area is 84.9 Å². The van der Waals surface area contributed by atoms with Gasteiger partial charge in [-0.3, -0.25) is 5.32 Å². The smallest absolute Gasteiger partial charge is 0.409 e. The molecule has 0 aliphatic carbocycles. The van der Waals surface area contributed by atoms with Gasteiger partial charge in [-0.25, -0.2) is 4.79 Å². The average Bonchev–Trinajstić information content (AvgIpc) is 2.04. The highest BCUT2D eigenvalue weighted by Crippen LogP contribution is 2.11. The lowest BCUT2D eigenvalue weighted by Crippen LogP contribution is -2.07. The first-order chi connectivity index (χ1) is 6.22. The van der Waals surface area contributed by atoms with Gasteiger partial charge in [0.15, 0.2) is 0 Å². The van der Waals surface area contributed by atoms with Crippen molar-refractivity contribution in [3.63, 3.8) is 0 Å². The molecule has 0 radical (unpaired) electrons. The van der Waals surface area contributed by atoms with Crippen molar-refractivity contribution < 1.29 is 9.90 Å². The summed E-state index contributed by atoms with van der Waals surface area (Å²) in [4.78, 5) is 10.3. The fourth-order valence-electron chi connectivity index (χ4n) is 1.04. The molecule has 0 fully saturated rings. The van der Waals surface area contributed by atoms with Crippen LogP contribution >= 0.6 is 15.9 Å². The van der Waals surface area contributed by atoms with Gasteiger partial charge in [0.2, 0.25) is 0 Å². The van der Waals surface area contributed by atoms with E-state index in [0.717, 1.165) is 17.3 Å². The number of alkyl halides is 1. The maximum absolute atomic E-state index is 10.3. The van der Waals surface area contributed by atoms with E-state index < -0.39 is 6.09 Å². The van der Waals surface area contributed by atoms with Crippen molar-refractivity contribution in [2.45, 2.75) is 6.42 Å². The van der Waals surface area contributed by atoms with Crippen LogP contribution in [-0.4, -0.2) is 16.5 Å². The first-order valence-corrected chi connectivity index (χ1v) is 4.99. The molecule has 0 unspecified atom stereocenters. The van der Waals surface area contributed by atoms with Crippen LogP contribution in [0.5, 0.6) is 0 Å². The van der Waals surface area contributed by atoms with Crippen LogP contribution in [0.1, 0.15) is 5.56 Å². The summed E-state index contributed by atoms with van der Waals surface area (Å²) in [5.41, 5.74) is 1.73. The van der Waals surface area contributed by atoms with Crippen molar-refractivity contribution in [1.82, 2.24) is 0 Å². The molecular formula is C9H10BrNO2.